The molecule has 1 aliphatic heterocycles. The molecule has 0 radical (unpaired) electrons. The smallest absolute Gasteiger partial charge is 0.165 e. The van der Waals surface area contributed by atoms with Crippen LogP contribution < -0.4 is 10.1 Å². The molecule has 0 aliphatic carbocycles. The van der Waals surface area contributed by atoms with Crippen LogP contribution in [0.4, 0.5) is 4.39 Å². The number of rotatable bonds is 4. The van der Waals surface area contributed by atoms with E-state index >= 15 is 0 Å². The maximum absolute atomic E-state index is 13.7. The Labute approximate surface area is 108 Å². The summed E-state index contributed by atoms with van der Waals surface area (Å²) in [5.74, 6) is 0.0764. The molecule has 0 bridgehead atoms. The highest BCUT2D eigenvalue weighted by molar-refractivity contribution is 5.29. The van der Waals surface area contributed by atoms with Crippen LogP contribution in [-0.4, -0.2) is 37.2 Å². The molecule has 1 heterocycles. The quantitative estimate of drug-likeness (QED) is 0.887. The van der Waals surface area contributed by atoms with Crippen LogP contribution in [0.25, 0.3) is 0 Å². The molecule has 0 unspecified atom stereocenters. The Morgan fingerprint density at radius 2 is 2.33 bits per heavy atom. The highest BCUT2D eigenvalue weighted by Gasteiger charge is 2.16. The Kier molecular flexibility index (Phi) is 4.55. The highest BCUT2D eigenvalue weighted by atomic mass is 19.1. The maximum Gasteiger partial charge on any atom is 0.165 e. The lowest BCUT2D eigenvalue weighted by Crippen LogP contribution is -2.48. The van der Waals surface area contributed by atoms with Crippen molar-refractivity contribution in [2.75, 3.05) is 26.2 Å². The Morgan fingerprint density at radius 3 is 3.00 bits per heavy atom. The van der Waals surface area contributed by atoms with Crippen molar-refractivity contribution in [3.05, 3.63) is 29.6 Å². The molecular formula is C14H21FN2O. The van der Waals surface area contributed by atoms with E-state index in [1.54, 1.807) is 12.1 Å². The van der Waals surface area contributed by atoms with Crippen molar-refractivity contribution in [3.63, 3.8) is 0 Å². The summed E-state index contributed by atoms with van der Waals surface area (Å²) in [6.07, 6.45) is 0. The Hall–Kier alpha value is -1.13. The minimum atomic E-state index is -0.266. The van der Waals surface area contributed by atoms with Gasteiger partial charge in [0.2, 0.25) is 0 Å². The number of ether oxygens (including phenoxy) is 1. The van der Waals surface area contributed by atoms with Crippen LogP contribution in [0.2, 0.25) is 0 Å². The first-order valence-electron chi connectivity index (χ1n) is 6.56. The van der Waals surface area contributed by atoms with Crippen molar-refractivity contribution in [1.29, 1.82) is 0 Å². The predicted octanol–water partition coefficient (Wildman–Crippen LogP) is 2.02. The summed E-state index contributed by atoms with van der Waals surface area (Å²) in [6.45, 7) is 8.34. The number of hydrogen-bond acceptors (Lipinski definition) is 3. The Morgan fingerprint density at radius 1 is 1.50 bits per heavy atom. The minimum absolute atomic E-state index is 0.266. The molecule has 0 saturated carbocycles. The predicted molar refractivity (Wildman–Crippen MR) is 70.3 cm³/mol. The zero-order chi connectivity index (χ0) is 13.0. The van der Waals surface area contributed by atoms with Crippen molar-refractivity contribution >= 4 is 0 Å². The molecule has 0 amide bonds. The monoisotopic (exact) mass is 252 g/mol. The van der Waals surface area contributed by atoms with Gasteiger partial charge in [0.1, 0.15) is 0 Å². The molecular weight excluding hydrogens is 231 g/mol. The van der Waals surface area contributed by atoms with E-state index in [2.05, 4.69) is 17.1 Å². The lowest BCUT2D eigenvalue weighted by atomic mass is 10.1. The fraction of sp³-hybridized carbons (Fsp3) is 0.571. The fourth-order valence-electron chi connectivity index (χ4n) is 2.33. The van der Waals surface area contributed by atoms with Gasteiger partial charge in [-0.05, 0) is 31.5 Å². The molecule has 0 spiro atoms. The lowest BCUT2D eigenvalue weighted by Gasteiger charge is -2.31. The van der Waals surface area contributed by atoms with E-state index in [1.165, 1.54) is 0 Å². The number of halogens is 1. The Balaban J connectivity index is 1.99. The maximum atomic E-state index is 13.7. The molecule has 4 heteroatoms. The van der Waals surface area contributed by atoms with Crippen LogP contribution in [0.5, 0.6) is 5.75 Å². The standard InChI is InChI=1S/C14H21FN2O/c1-3-18-14-5-4-12(8-13(14)15)10-17-7-6-16-11(2)9-17/h4-5,8,11,16H,3,6-7,9-10H2,1-2H3/t11-/m1/s1. The summed E-state index contributed by atoms with van der Waals surface area (Å²) < 4.78 is 18.9. The van der Waals surface area contributed by atoms with Gasteiger partial charge in [0, 0.05) is 32.2 Å². The second-order valence-electron chi connectivity index (χ2n) is 4.79. The molecule has 1 aromatic rings. The van der Waals surface area contributed by atoms with Gasteiger partial charge in [0.05, 0.1) is 6.61 Å². The van der Waals surface area contributed by atoms with Gasteiger partial charge in [-0.2, -0.15) is 0 Å². The van der Waals surface area contributed by atoms with Crippen molar-refractivity contribution in [2.24, 2.45) is 0 Å². The van der Waals surface area contributed by atoms with Crippen molar-refractivity contribution in [3.8, 4) is 5.75 Å². The number of nitrogens with one attached hydrogen (secondary N) is 1. The van der Waals surface area contributed by atoms with Gasteiger partial charge in [-0.25, -0.2) is 4.39 Å². The third-order valence-corrected chi connectivity index (χ3v) is 3.16. The second-order valence-corrected chi connectivity index (χ2v) is 4.79. The van der Waals surface area contributed by atoms with Gasteiger partial charge in [-0.15, -0.1) is 0 Å². The van der Waals surface area contributed by atoms with Crippen molar-refractivity contribution in [1.82, 2.24) is 10.2 Å². The average Bonchev–Trinajstić information content (AvgIpc) is 2.33. The molecule has 1 saturated heterocycles. The first kappa shape index (κ1) is 13.3. The molecule has 2 rings (SSSR count). The van der Waals surface area contributed by atoms with Crippen LogP contribution in [0.3, 0.4) is 0 Å². The second kappa shape index (κ2) is 6.16. The molecule has 1 aromatic carbocycles. The molecule has 1 fully saturated rings. The zero-order valence-electron chi connectivity index (χ0n) is 11.1. The number of nitrogens with zero attached hydrogens (tertiary/aromatic N) is 1. The Bertz CT molecular complexity index is 397. The van der Waals surface area contributed by atoms with Gasteiger partial charge in [-0.1, -0.05) is 6.07 Å². The summed E-state index contributed by atoms with van der Waals surface area (Å²) in [6, 6.07) is 5.75. The minimum Gasteiger partial charge on any atom is -0.491 e. The van der Waals surface area contributed by atoms with Crippen LogP contribution in [-0.2, 0) is 6.54 Å². The van der Waals surface area contributed by atoms with Crippen LogP contribution in [0.1, 0.15) is 19.4 Å². The number of hydrogen-bond donors (Lipinski definition) is 1. The molecule has 1 aliphatic rings. The van der Waals surface area contributed by atoms with Gasteiger partial charge in [-0.3, -0.25) is 4.90 Å². The third-order valence-electron chi connectivity index (χ3n) is 3.16. The fourth-order valence-corrected chi connectivity index (χ4v) is 2.33. The first-order chi connectivity index (χ1) is 8.69. The van der Waals surface area contributed by atoms with Gasteiger partial charge in [0.25, 0.3) is 0 Å². The van der Waals surface area contributed by atoms with Gasteiger partial charge < -0.3 is 10.1 Å². The SMILES string of the molecule is CCOc1ccc(CN2CCN[C@H](C)C2)cc1F. The van der Waals surface area contributed by atoms with E-state index in [4.69, 9.17) is 4.74 Å². The van der Waals surface area contributed by atoms with Crippen LogP contribution in [0.15, 0.2) is 18.2 Å². The van der Waals surface area contributed by atoms with Crippen LogP contribution in [0, 0.1) is 5.82 Å². The van der Waals surface area contributed by atoms with Crippen LogP contribution >= 0.6 is 0 Å². The molecule has 100 valence electrons. The van der Waals surface area contributed by atoms with Gasteiger partial charge in [0.15, 0.2) is 11.6 Å². The van der Waals surface area contributed by atoms with E-state index < -0.39 is 0 Å². The topological polar surface area (TPSA) is 24.5 Å². The normalized spacial score (nSPS) is 20.9. The molecule has 0 aromatic heterocycles. The number of piperazine rings is 1. The summed E-state index contributed by atoms with van der Waals surface area (Å²) >= 11 is 0. The van der Waals surface area contributed by atoms with E-state index in [-0.39, 0.29) is 5.82 Å². The lowest BCUT2D eigenvalue weighted by molar-refractivity contribution is 0.199. The first-order valence-corrected chi connectivity index (χ1v) is 6.56. The molecule has 3 nitrogen and oxygen atoms in total. The van der Waals surface area contributed by atoms with E-state index in [9.17, 15) is 4.39 Å². The molecule has 1 N–H and O–H groups in total. The highest BCUT2D eigenvalue weighted by Crippen LogP contribution is 2.19. The van der Waals surface area contributed by atoms with E-state index in [0.717, 1.165) is 31.7 Å². The molecule has 1 atom stereocenters. The molecule has 18 heavy (non-hydrogen) atoms. The zero-order valence-corrected chi connectivity index (χ0v) is 11.1. The van der Waals surface area contributed by atoms with Crippen molar-refractivity contribution < 1.29 is 9.13 Å². The average molecular weight is 252 g/mol. The number of benzene rings is 1. The van der Waals surface area contributed by atoms with Gasteiger partial charge >= 0.3 is 0 Å². The van der Waals surface area contributed by atoms with E-state index in [1.807, 2.05) is 13.0 Å². The summed E-state index contributed by atoms with van der Waals surface area (Å²) in [7, 11) is 0. The third kappa shape index (κ3) is 3.43. The summed E-state index contributed by atoms with van der Waals surface area (Å²) in [5, 5.41) is 3.40. The van der Waals surface area contributed by atoms with Crippen molar-refractivity contribution in [2.45, 2.75) is 26.4 Å². The summed E-state index contributed by atoms with van der Waals surface area (Å²) in [5.41, 5.74) is 1.00. The summed E-state index contributed by atoms with van der Waals surface area (Å²) in [4.78, 5) is 2.34. The largest absolute Gasteiger partial charge is 0.491 e. The van der Waals surface area contributed by atoms with E-state index in [0.29, 0.717) is 18.4 Å².